The molecule has 2 atom stereocenters. The Labute approximate surface area is 91.9 Å². The zero-order chi connectivity index (χ0) is 11.1. The maximum atomic E-state index is 9.50. The van der Waals surface area contributed by atoms with Crippen molar-refractivity contribution in [3.05, 3.63) is 19.6 Å². The number of ether oxygens (including phenoxy) is 1. The highest BCUT2D eigenvalue weighted by Crippen LogP contribution is 2.30. The minimum absolute atomic E-state index is 0.0119. The Balaban J connectivity index is 2.08. The van der Waals surface area contributed by atoms with E-state index in [1.807, 2.05) is 4.57 Å². The molecule has 83 valence electrons. The molecule has 0 amide bonds. The van der Waals surface area contributed by atoms with Gasteiger partial charge in [-0.05, 0) is 19.8 Å². The van der Waals surface area contributed by atoms with Crippen molar-refractivity contribution in [2.75, 3.05) is 0 Å². The van der Waals surface area contributed by atoms with Crippen LogP contribution in [0, 0.1) is 6.92 Å². The van der Waals surface area contributed by atoms with Crippen molar-refractivity contribution < 1.29 is 9.84 Å². The van der Waals surface area contributed by atoms with Gasteiger partial charge < -0.3 is 9.84 Å². The Hall–Kier alpha value is -1.69. The van der Waals surface area contributed by atoms with E-state index in [1.165, 1.54) is 6.33 Å². The first-order valence-electron chi connectivity index (χ1n) is 5.11. The smallest absolute Gasteiger partial charge is 0.242 e. The average Bonchev–Trinajstić information content (AvgIpc) is 2.84. The summed E-state index contributed by atoms with van der Waals surface area (Å²) >= 11 is 0. The minimum atomic E-state index is -0.104. The van der Waals surface area contributed by atoms with Gasteiger partial charge in [0, 0.05) is 0 Å². The van der Waals surface area contributed by atoms with E-state index in [4.69, 9.17) is 4.74 Å². The van der Waals surface area contributed by atoms with Crippen LogP contribution < -0.4 is 0 Å². The molecule has 1 N–H and O–H groups in total. The van der Waals surface area contributed by atoms with Crippen LogP contribution in [0.1, 0.15) is 19.1 Å². The Morgan fingerprint density at radius 2 is 2.25 bits per heavy atom. The van der Waals surface area contributed by atoms with Gasteiger partial charge in [0.05, 0.1) is 12.4 Å². The number of nitrogens with zero attached hydrogens (tertiary/aromatic N) is 4. The maximum Gasteiger partial charge on any atom is 0.242 e. The summed E-state index contributed by atoms with van der Waals surface area (Å²) in [5, 5.41) is 9.50. The lowest BCUT2D eigenvalue weighted by Crippen LogP contribution is -2.08. The maximum absolute atomic E-state index is 9.50. The van der Waals surface area contributed by atoms with Gasteiger partial charge in [-0.1, -0.05) is 0 Å². The van der Waals surface area contributed by atoms with E-state index in [0.29, 0.717) is 11.2 Å². The number of hydrogen-bond donors (Lipinski definition) is 1. The first-order valence-corrected chi connectivity index (χ1v) is 5.11. The summed E-state index contributed by atoms with van der Waals surface area (Å²) in [4.78, 5) is 11.9. The highest BCUT2D eigenvalue weighted by atomic mass is 16.5. The van der Waals surface area contributed by atoms with Crippen molar-refractivity contribution in [3.63, 3.8) is 0 Å². The van der Waals surface area contributed by atoms with Crippen molar-refractivity contribution >= 4 is 11.2 Å². The molecule has 0 aliphatic carbocycles. The third-order valence-electron chi connectivity index (χ3n) is 2.73. The topological polar surface area (TPSA) is 73.1 Å². The molecule has 0 saturated carbocycles. The van der Waals surface area contributed by atoms with Gasteiger partial charge in [0.1, 0.15) is 12.6 Å². The molecule has 0 aromatic carbocycles. The fourth-order valence-electron chi connectivity index (χ4n) is 1.94. The number of aromatic nitrogens is 4. The van der Waals surface area contributed by atoms with E-state index in [9.17, 15) is 5.11 Å². The normalized spacial score (nSPS) is 25.3. The molecule has 2 aromatic heterocycles. The molecule has 3 heterocycles. The lowest BCUT2D eigenvalue weighted by atomic mass is 10.2. The van der Waals surface area contributed by atoms with Gasteiger partial charge in [-0.15, -0.1) is 0 Å². The van der Waals surface area contributed by atoms with Crippen molar-refractivity contribution in [2.45, 2.75) is 25.2 Å². The highest BCUT2D eigenvalue weighted by molar-refractivity contribution is 5.75. The monoisotopic (exact) mass is 219 g/mol. The van der Waals surface area contributed by atoms with Crippen molar-refractivity contribution in [1.29, 1.82) is 0 Å². The third-order valence-corrected chi connectivity index (χ3v) is 2.73. The van der Waals surface area contributed by atoms with Crippen LogP contribution in [-0.2, 0) is 4.74 Å². The Morgan fingerprint density at radius 3 is 3.00 bits per heavy atom. The molecule has 1 aliphatic heterocycles. The van der Waals surface area contributed by atoms with Crippen LogP contribution in [-0.4, -0.2) is 30.7 Å². The number of rotatable bonds is 1. The molecule has 6 heteroatoms. The average molecular weight is 219 g/mol. The molecule has 2 aromatic rings. The van der Waals surface area contributed by atoms with Gasteiger partial charge in [-0.2, -0.15) is 4.98 Å². The van der Waals surface area contributed by atoms with Crippen LogP contribution in [0.15, 0.2) is 12.7 Å². The molecule has 3 rings (SSSR count). The van der Waals surface area contributed by atoms with E-state index < -0.39 is 0 Å². The summed E-state index contributed by atoms with van der Waals surface area (Å²) in [5.74, 6) is -0.104. The summed E-state index contributed by atoms with van der Waals surface area (Å²) in [7, 11) is 0. The molecule has 1 aliphatic rings. The van der Waals surface area contributed by atoms with Gasteiger partial charge in [0.25, 0.3) is 0 Å². The summed E-state index contributed by atoms with van der Waals surface area (Å²) in [6, 6.07) is 0. The number of aromatic hydroxyl groups is 1. The SMILES string of the molecule is [CH2][C@@H]1CC[C@H](n2cnc3c(O)ncnc32)O1. The molecule has 0 bridgehead atoms. The predicted octanol–water partition coefficient (Wildman–Crippen LogP) is 1.04. The summed E-state index contributed by atoms with van der Waals surface area (Å²) < 4.78 is 7.43. The zero-order valence-electron chi connectivity index (χ0n) is 8.58. The molecule has 1 fully saturated rings. The fraction of sp³-hybridized carbons (Fsp3) is 0.400. The number of hydrogen-bond acceptors (Lipinski definition) is 5. The van der Waals surface area contributed by atoms with E-state index in [1.54, 1.807) is 6.33 Å². The largest absolute Gasteiger partial charge is 0.492 e. The van der Waals surface area contributed by atoms with Crippen LogP contribution in [0.25, 0.3) is 11.2 Å². The molecule has 0 unspecified atom stereocenters. The Bertz CT molecular complexity index is 525. The third kappa shape index (κ3) is 1.34. The molecule has 0 spiro atoms. The second kappa shape index (κ2) is 3.41. The van der Waals surface area contributed by atoms with E-state index in [-0.39, 0.29) is 18.2 Å². The molecule has 1 saturated heterocycles. The zero-order valence-corrected chi connectivity index (χ0v) is 8.58. The lowest BCUT2D eigenvalue weighted by molar-refractivity contribution is 0.0246. The van der Waals surface area contributed by atoms with E-state index >= 15 is 0 Å². The summed E-state index contributed by atoms with van der Waals surface area (Å²) in [6.07, 6.45) is 4.64. The first kappa shape index (κ1) is 9.53. The fourth-order valence-corrected chi connectivity index (χ4v) is 1.94. The minimum Gasteiger partial charge on any atom is -0.492 e. The Morgan fingerprint density at radius 1 is 1.38 bits per heavy atom. The molecular formula is C10H11N4O2. The standard InChI is InChI=1S/C10H11N4O2/c1-6-2-3-7(16-6)14-5-13-8-9(14)11-4-12-10(8)15/h4-7H,1-3H2,(H,11,12,15)/t6-,7-/m1/s1. The van der Waals surface area contributed by atoms with E-state index in [0.717, 1.165) is 12.8 Å². The predicted molar refractivity (Wildman–Crippen MR) is 55.5 cm³/mol. The summed E-state index contributed by atoms with van der Waals surface area (Å²) in [6.45, 7) is 3.86. The second-order valence-corrected chi connectivity index (χ2v) is 3.81. The van der Waals surface area contributed by atoms with Crippen molar-refractivity contribution in [3.8, 4) is 5.88 Å². The van der Waals surface area contributed by atoms with Crippen LogP contribution in [0.3, 0.4) is 0 Å². The van der Waals surface area contributed by atoms with Crippen LogP contribution >= 0.6 is 0 Å². The van der Waals surface area contributed by atoms with Gasteiger partial charge in [0.15, 0.2) is 11.2 Å². The van der Waals surface area contributed by atoms with Crippen LogP contribution in [0.5, 0.6) is 5.88 Å². The summed E-state index contributed by atoms with van der Waals surface area (Å²) in [5.41, 5.74) is 0.991. The highest BCUT2D eigenvalue weighted by Gasteiger charge is 2.25. The second-order valence-electron chi connectivity index (χ2n) is 3.81. The molecule has 1 radical (unpaired) electrons. The quantitative estimate of drug-likeness (QED) is 0.775. The van der Waals surface area contributed by atoms with Crippen molar-refractivity contribution in [2.24, 2.45) is 0 Å². The van der Waals surface area contributed by atoms with Gasteiger partial charge in [-0.25, -0.2) is 9.97 Å². The van der Waals surface area contributed by atoms with Gasteiger partial charge >= 0.3 is 0 Å². The van der Waals surface area contributed by atoms with Crippen LogP contribution in [0.2, 0.25) is 0 Å². The van der Waals surface area contributed by atoms with Gasteiger partial charge in [0.2, 0.25) is 5.88 Å². The first-order chi connectivity index (χ1) is 7.75. The number of imidazole rings is 1. The molecular weight excluding hydrogens is 208 g/mol. The Kier molecular flexibility index (Phi) is 2.03. The molecule has 16 heavy (non-hydrogen) atoms. The number of fused-ring (bicyclic) bond motifs is 1. The van der Waals surface area contributed by atoms with Gasteiger partial charge in [-0.3, -0.25) is 4.57 Å². The van der Waals surface area contributed by atoms with Crippen LogP contribution in [0.4, 0.5) is 0 Å². The lowest BCUT2D eigenvalue weighted by Gasteiger charge is -2.12. The van der Waals surface area contributed by atoms with Crippen molar-refractivity contribution in [1.82, 2.24) is 19.5 Å². The molecule has 6 nitrogen and oxygen atoms in total. The van der Waals surface area contributed by atoms with E-state index in [2.05, 4.69) is 21.9 Å².